The number of rotatable bonds is 23. The zero-order valence-electron chi connectivity index (χ0n) is 34.3. The number of primary amides is 1. The summed E-state index contributed by atoms with van der Waals surface area (Å²) in [6.45, 7) is 10.7. The van der Waals surface area contributed by atoms with Gasteiger partial charge < -0.3 is 42.3 Å². The number of carbonyl (C=O) groups is 6. The van der Waals surface area contributed by atoms with Crippen molar-refractivity contribution in [2.24, 2.45) is 11.7 Å². The third-order valence-electron chi connectivity index (χ3n) is 10.6. The Balaban J connectivity index is 1.79. The van der Waals surface area contributed by atoms with Crippen LogP contribution in [0.4, 0.5) is 0 Å². The first kappa shape index (κ1) is 46.6. The van der Waals surface area contributed by atoms with Crippen molar-refractivity contribution >= 4 is 35.4 Å². The van der Waals surface area contributed by atoms with Crippen molar-refractivity contribution in [3.05, 3.63) is 71.8 Å². The van der Waals surface area contributed by atoms with Crippen molar-refractivity contribution in [3.8, 4) is 0 Å². The quantitative estimate of drug-likeness (QED) is 0.0828. The van der Waals surface area contributed by atoms with Gasteiger partial charge in [0, 0.05) is 24.8 Å². The molecule has 2 aromatic carbocycles. The van der Waals surface area contributed by atoms with Gasteiger partial charge in [0.1, 0.15) is 30.2 Å². The molecule has 1 aliphatic carbocycles. The molecule has 14 heteroatoms. The van der Waals surface area contributed by atoms with Gasteiger partial charge in [0.25, 0.3) is 0 Å². The Morgan fingerprint density at radius 1 is 0.684 bits per heavy atom. The molecule has 8 N–H and O–H groups in total. The molecular formula is C43H65N7O7. The van der Waals surface area contributed by atoms with Crippen molar-refractivity contribution < 1.29 is 33.9 Å². The molecule has 2 aromatic rings. The first-order valence-electron chi connectivity index (χ1n) is 20.5. The van der Waals surface area contributed by atoms with Crippen LogP contribution in [0.2, 0.25) is 0 Å². The van der Waals surface area contributed by atoms with E-state index in [0.29, 0.717) is 12.5 Å². The summed E-state index contributed by atoms with van der Waals surface area (Å²) in [5.74, 6) is -3.81. The first-order chi connectivity index (χ1) is 27.2. The molecule has 14 nitrogen and oxygen atoms in total. The summed E-state index contributed by atoms with van der Waals surface area (Å²) in [6, 6.07) is 13.0. The Morgan fingerprint density at radius 2 is 1.19 bits per heavy atom. The van der Waals surface area contributed by atoms with Gasteiger partial charge in [-0.1, -0.05) is 86.8 Å². The average molecular weight is 792 g/mol. The van der Waals surface area contributed by atoms with Crippen molar-refractivity contribution in [2.45, 2.75) is 141 Å². The summed E-state index contributed by atoms with van der Waals surface area (Å²) in [5.41, 5.74) is 7.03. The molecule has 1 saturated carbocycles. The minimum Gasteiger partial charge on any atom is -0.391 e. The highest BCUT2D eigenvalue weighted by atomic mass is 16.3. The maximum Gasteiger partial charge on any atom is 0.243 e. The van der Waals surface area contributed by atoms with Crippen LogP contribution >= 0.6 is 0 Å². The molecule has 0 saturated heterocycles. The van der Waals surface area contributed by atoms with Crippen molar-refractivity contribution in [1.29, 1.82) is 0 Å². The molecule has 1 fully saturated rings. The largest absolute Gasteiger partial charge is 0.391 e. The van der Waals surface area contributed by atoms with Crippen LogP contribution in [-0.4, -0.2) is 101 Å². The van der Waals surface area contributed by atoms with E-state index in [-0.39, 0.29) is 31.1 Å². The van der Waals surface area contributed by atoms with E-state index >= 15 is 0 Å². The van der Waals surface area contributed by atoms with E-state index in [4.69, 9.17) is 5.73 Å². The third-order valence-corrected chi connectivity index (χ3v) is 10.6. The minimum absolute atomic E-state index is 0.0684. The number of hydrogen-bond donors (Lipinski definition) is 7. The molecule has 6 amide bonds. The highest BCUT2D eigenvalue weighted by Crippen LogP contribution is 2.24. The number of nitrogens with zero attached hydrogens (tertiary/aromatic N) is 1. The summed E-state index contributed by atoms with van der Waals surface area (Å²) < 4.78 is 0. The number of carbonyl (C=O) groups excluding carboxylic acids is 6. The Hall–Kier alpha value is -4.82. The monoisotopic (exact) mass is 791 g/mol. The number of nitrogens with two attached hydrogens (primary N) is 1. The predicted molar refractivity (Wildman–Crippen MR) is 219 cm³/mol. The summed E-state index contributed by atoms with van der Waals surface area (Å²) >= 11 is 0. The van der Waals surface area contributed by atoms with E-state index in [1.807, 2.05) is 36.4 Å². The molecule has 1 aliphatic rings. The van der Waals surface area contributed by atoms with Crippen LogP contribution in [0.15, 0.2) is 60.7 Å². The second-order valence-corrected chi connectivity index (χ2v) is 15.5. The van der Waals surface area contributed by atoms with Gasteiger partial charge in [0.05, 0.1) is 6.10 Å². The second-order valence-electron chi connectivity index (χ2n) is 15.5. The molecule has 57 heavy (non-hydrogen) atoms. The summed E-state index contributed by atoms with van der Waals surface area (Å²) in [4.78, 5) is 82.7. The van der Waals surface area contributed by atoms with E-state index in [0.717, 1.165) is 62.7 Å². The molecule has 0 aromatic heterocycles. The molecule has 314 valence electrons. The third kappa shape index (κ3) is 15.9. The lowest BCUT2D eigenvalue weighted by Crippen LogP contribution is -2.60. The zero-order chi connectivity index (χ0) is 41.9. The van der Waals surface area contributed by atoms with E-state index < -0.39 is 65.8 Å². The van der Waals surface area contributed by atoms with Gasteiger partial charge in [0.15, 0.2) is 0 Å². The number of amides is 6. The number of unbranched alkanes of at least 4 members (excludes halogenated alkanes) is 1. The molecule has 0 unspecified atom stereocenters. The molecular weight excluding hydrogens is 727 g/mol. The van der Waals surface area contributed by atoms with Crippen molar-refractivity contribution in [1.82, 2.24) is 31.5 Å². The Labute approximate surface area is 337 Å². The van der Waals surface area contributed by atoms with E-state index in [9.17, 15) is 33.9 Å². The second kappa shape index (κ2) is 24.1. The van der Waals surface area contributed by atoms with Crippen LogP contribution in [0.1, 0.15) is 97.1 Å². The predicted octanol–water partition coefficient (Wildman–Crippen LogP) is 2.26. The van der Waals surface area contributed by atoms with Crippen LogP contribution in [0.25, 0.3) is 0 Å². The number of aliphatic hydroxyl groups is 1. The lowest BCUT2D eigenvalue weighted by Gasteiger charge is -2.28. The average Bonchev–Trinajstić information content (AvgIpc) is 3.19. The summed E-state index contributed by atoms with van der Waals surface area (Å²) in [6.07, 6.45) is 5.04. The smallest absolute Gasteiger partial charge is 0.243 e. The zero-order valence-corrected chi connectivity index (χ0v) is 34.3. The highest BCUT2D eigenvalue weighted by molar-refractivity contribution is 5.96. The van der Waals surface area contributed by atoms with Gasteiger partial charge in [-0.15, -0.1) is 0 Å². The van der Waals surface area contributed by atoms with Gasteiger partial charge >= 0.3 is 0 Å². The molecule has 0 spiro atoms. The van der Waals surface area contributed by atoms with Gasteiger partial charge in [-0.05, 0) is 84.0 Å². The van der Waals surface area contributed by atoms with Gasteiger partial charge in [-0.3, -0.25) is 28.8 Å². The number of hydrogen-bond acceptors (Lipinski definition) is 8. The normalized spacial score (nSPS) is 16.4. The number of nitrogens with one attached hydrogen (secondary N) is 5. The van der Waals surface area contributed by atoms with Gasteiger partial charge in [-0.2, -0.15) is 0 Å². The number of benzene rings is 2. The topological polar surface area (TPSA) is 212 Å². The molecule has 0 bridgehead atoms. The SMILES string of the molecule is CCN(CCCC[C@H](NC(=O)[C@H](Cc1ccccc1)NC(=O)[C@H](C)NC(=O)[C@H](Cc1ccccc1)NC(=O)C1CCCCC1)C(=O)N[C@H](C(N)=O)[C@@H](C)O)C(C)C. The Morgan fingerprint density at radius 3 is 1.70 bits per heavy atom. The van der Waals surface area contributed by atoms with Crippen LogP contribution in [-0.2, 0) is 41.6 Å². The number of aliphatic hydroxyl groups excluding tert-OH is 1. The molecule has 3 rings (SSSR count). The van der Waals surface area contributed by atoms with Gasteiger partial charge in [-0.25, -0.2) is 0 Å². The summed E-state index contributed by atoms with van der Waals surface area (Å²) in [5, 5.41) is 23.8. The first-order valence-corrected chi connectivity index (χ1v) is 20.5. The molecule has 0 aliphatic heterocycles. The summed E-state index contributed by atoms with van der Waals surface area (Å²) in [7, 11) is 0. The Kier molecular flexibility index (Phi) is 19.7. The fourth-order valence-electron chi connectivity index (χ4n) is 7.12. The lowest BCUT2D eigenvalue weighted by atomic mass is 9.88. The van der Waals surface area contributed by atoms with Crippen LogP contribution < -0.4 is 32.3 Å². The van der Waals surface area contributed by atoms with Gasteiger partial charge in [0.2, 0.25) is 35.4 Å². The standard InChI is InChI=1S/C43H65N7O7/c1-6-50(28(2)3)25-17-16-24-34(41(55)49-37(30(5)51)38(44)52)46-43(57)36(27-32-20-12-8-13-21-32)47-39(53)29(4)45-42(56)35(26-31-18-10-7-11-19-31)48-40(54)33-22-14-9-15-23-33/h7-8,10-13,18-21,28-30,33-37,51H,6,9,14-17,22-27H2,1-5H3,(H2,44,52)(H,45,56)(H,46,57)(H,47,53)(H,48,54)(H,49,55)/t29-,30+,34-,35-,36-,37-/m0/s1. The van der Waals surface area contributed by atoms with Crippen LogP contribution in [0.3, 0.4) is 0 Å². The van der Waals surface area contributed by atoms with E-state index in [1.54, 1.807) is 24.3 Å². The fourth-order valence-corrected chi connectivity index (χ4v) is 7.12. The molecule has 0 radical (unpaired) electrons. The fraction of sp³-hybridized carbons (Fsp3) is 0.581. The Bertz CT molecular complexity index is 1580. The minimum atomic E-state index is -1.38. The van der Waals surface area contributed by atoms with Crippen LogP contribution in [0, 0.1) is 5.92 Å². The molecule has 6 atom stereocenters. The van der Waals surface area contributed by atoms with Crippen molar-refractivity contribution in [3.63, 3.8) is 0 Å². The lowest BCUT2D eigenvalue weighted by molar-refractivity contribution is -0.135. The van der Waals surface area contributed by atoms with E-state index in [1.165, 1.54) is 13.8 Å². The highest BCUT2D eigenvalue weighted by Gasteiger charge is 2.33. The maximum atomic E-state index is 14.1. The van der Waals surface area contributed by atoms with Crippen molar-refractivity contribution in [2.75, 3.05) is 13.1 Å². The van der Waals surface area contributed by atoms with Crippen LogP contribution in [0.5, 0.6) is 0 Å². The maximum absolute atomic E-state index is 14.1. The molecule has 0 heterocycles. The van der Waals surface area contributed by atoms with E-state index in [2.05, 4.69) is 52.3 Å².